The molecule has 0 nitrogen and oxygen atoms in total. The summed E-state index contributed by atoms with van der Waals surface area (Å²) in [4.78, 5) is 0. The molecular formula is C26H37ClF3Si. The standard InChI is InChI=1S/C26H37ClF3Si/c1-2-3-4-5-19-8-10-22(11-9-19)31-14-12-20(13-15-31)6-7-21-16-23(28)26(24(29)17-21)25(30)18-27/h16-20,22H,2-15H2,1H3/b25-18-. The van der Waals surface area contributed by atoms with Gasteiger partial charge in [-0.2, -0.15) is 0 Å². The molecule has 0 spiro atoms. The topological polar surface area (TPSA) is 0 Å². The fourth-order valence-corrected chi connectivity index (χ4v) is 9.59. The number of hydrogen-bond donors (Lipinski definition) is 0. The van der Waals surface area contributed by atoms with E-state index in [9.17, 15) is 13.2 Å². The molecule has 2 fully saturated rings. The van der Waals surface area contributed by atoms with Gasteiger partial charge in [0.15, 0.2) is 0 Å². The molecule has 2 aliphatic rings. The minimum atomic E-state index is -1.07. The molecule has 0 unspecified atom stereocenters. The Hall–Kier alpha value is -0.743. The van der Waals surface area contributed by atoms with Crippen LogP contribution in [0.1, 0.15) is 88.7 Å². The van der Waals surface area contributed by atoms with Gasteiger partial charge >= 0.3 is 0 Å². The lowest BCUT2D eigenvalue weighted by atomic mass is 9.85. The number of aryl methyl sites for hydroxylation is 1. The van der Waals surface area contributed by atoms with E-state index in [2.05, 4.69) is 6.92 Å². The Morgan fingerprint density at radius 1 is 0.968 bits per heavy atom. The molecule has 1 aliphatic carbocycles. The summed E-state index contributed by atoms with van der Waals surface area (Å²) in [5.41, 5.74) is 1.54. The summed E-state index contributed by atoms with van der Waals surface area (Å²) in [6, 6.07) is 5.34. The first-order valence-electron chi connectivity index (χ1n) is 12.3. The number of rotatable bonds is 9. The van der Waals surface area contributed by atoms with Crippen molar-refractivity contribution in [2.24, 2.45) is 11.8 Å². The van der Waals surface area contributed by atoms with E-state index in [1.54, 1.807) is 0 Å². The maximum atomic E-state index is 14.1. The maximum absolute atomic E-state index is 14.1. The average molecular weight is 470 g/mol. The largest absolute Gasteiger partial charge is 0.206 e. The van der Waals surface area contributed by atoms with Crippen LogP contribution in [-0.2, 0) is 6.42 Å². The summed E-state index contributed by atoms with van der Waals surface area (Å²) in [6.45, 7) is 2.28. The first-order valence-corrected chi connectivity index (χ1v) is 14.7. The Labute approximate surface area is 193 Å². The quantitative estimate of drug-likeness (QED) is 0.249. The van der Waals surface area contributed by atoms with E-state index in [4.69, 9.17) is 11.6 Å². The first kappa shape index (κ1) is 24.9. The normalized spacial score (nSPS) is 24.0. The van der Waals surface area contributed by atoms with Crippen molar-refractivity contribution < 1.29 is 13.2 Å². The second-order valence-corrected chi connectivity index (χ2v) is 13.1. The summed E-state index contributed by atoms with van der Waals surface area (Å²) in [5.74, 6) is -1.17. The number of benzene rings is 1. The summed E-state index contributed by atoms with van der Waals surface area (Å²) in [7, 11) is -0.222. The van der Waals surface area contributed by atoms with Crippen LogP contribution in [-0.4, -0.2) is 8.80 Å². The van der Waals surface area contributed by atoms with E-state index < -0.39 is 23.0 Å². The third-order valence-corrected chi connectivity index (χ3v) is 11.5. The minimum absolute atomic E-state index is 0.222. The third-order valence-electron chi connectivity index (χ3n) is 7.67. The van der Waals surface area contributed by atoms with Crippen LogP contribution in [0.25, 0.3) is 5.83 Å². The highest BCUT2D eigenvalue weighted by Crippen LogP contribution is 2.42. The smallest absolute Gasteiger partial charge is 0.147 e. The van der Waals surface area contributed by atoms with Gasteiger partial charge in [-0.1, -0.05) is 94.8 Å². The van der Waals surface area contributed by atoms with Gasteiger partial charge in [-0.3, -0.25) is 0 Å². The Bertz CT molecular complexity index is 696. The van der Waals surface area contributed by atoms with E-state index in [0.717, 1.165) is 17.9 Å². The zero-order valence-electron chi connectivity index (χ0n) is 18.9. The van der Waals surface area contributed by atoms with Gasteiger partial charge in [0.05, 0.1) is 14.4 Å². The second kappa shape index (κ2) is 12.5. The monoisotopic (exact) mass is 469 g/mol. The van der Waals surface area contributed by atoms with Crippen LogP contribution in [0.4, 0.5) is 13.2 Å². The fraction of sp³-hybridized carbons (Fsp3) is 0.692. The van der Waals surface area contributed by atoms with E-state index >= 15 is 0 Å². The van der Waals surface area contributed by atoms with E-state index in [1.807, 2.05) is 0 Å². The summed E-state index contributed by atoms with van der Waals surface area (Å²) < 4.78 is 41.7. The van der Waals surface area contributed by atoms with Crippen molar-refractivity contribution in [1.29, 1.82) is 0 Å². The summed E-state index contributed by atoms with van der Waals surface area (Å²) in [5, 5.41) is 0. The molecular weight excluding hydrogens is 433 g/mol. The lowest BCUT2D eigenvalue weighted by Crippen LogP contribution is -2.29. The van der Waals surface area contributed by atoms with Crippen LogP contribution in [0, 0.1) is 23.5 Å². The summed E-state index contributed by atoms with van der Waals surface area (Å²) in [6.07, 6.45) is 15.6. The molecule has 0 bridgehead atoms. The zero-order chi connectivity index (χ0) is 22.2. The van der Waals surface area contributed by atoms with Crippen LogP contribution in [0.2, 0.25) is 17.6 Å². The maximum Gasteiger partial charge on any atom is 0.147 e. The molecule has 1 aromatic carbocycles. The van der Waals surface area contributed by atoms with Crippen molar-refractivity contribution in [3.63, 3.8) is 0 Å². The molecule has 31 heavy (non-hydrogen) atoms. The molecule has 173 valence electrons. The van der Waals surface area contributed by atoms with Crippen molar-refractivity contribution in [3.8, 4) is 0 Å². The number of halogens is 4. The van der Waals surface area contributed by atoms with Crippen molar-refractivity contribution in [1.82, 2.24) is 0 Å². The van der Waals surface area contributed by atoms with E-state index in [1.165, 1.54) is 88.4 Å². The van der Waals surface area contributed by atoms with Gasteiger partial charge in [-0.25, -0.2) is 13.2 Å². The van der Waals surface area contributed by atoms with Crippen molar-refractivity contribution in [3.05, 3.63) is 40.4 Å². The molecule has 3 rings (SSSR count). The predicted molar refractivity (Wildman–Crippen MR) is 128 cm³/mol. The molecule has 1 radical (unpaired) electrons. The molecule has 5 heteroatoms. The van der Waals surface area contributed by atoms with Gasteiger partial charge in [0, 0.05) is 5.54 Å². The van der Waals surface area contributed by atoms with Gasteiger partial charge < -0.3 is 0 Å². The molecule has 1 aromatic rings. The first-order chi connectivity index (χ1) is 15.0. The van der Waals surface area contributed by atoms with Gasteiger partial charge in [0.1, 0.15) is 17.5 Å². The highest BCUT2D eigenvalue weighted by atomic mass is 35.5. The van der Waals surface area contributed by atoms with Crippen LogP contribution in [0.3, 0.4) is 0 Å². The van der Waals surface area contributed by atoms with Crippen molar-refractivity contribution in [2.75, 3.05) is 0 Å². The lowest BCUT2D eigenvalue weighted by Gasteiger charge is -2.37. The molecule has 0 aromatic heterocycles. The van der Waals surface area contributed by atoms with Crippen molar-refractivity contribution >= 4 is 26.2 Å². The highest BCUT2D eigenvalue weighted by Gasteiger charge is 2.31. The SMILES string of the molecule is CCCCCC1CCC([Si]2CCC(CCc3cc(F)c(/C(F)=C/Cl)c(F)c3)CC2)CC1. The zero-order valence-corrected chi connectivity index (χ0v) is 20.6. The van der Waals surface area contributed by atoms with E-state index in [0.29, 0.717) is 23.4 Å². The predicted octanol–water partition coefficient (Wildman–Crippen LogP) is 9.45. The van der Waals surface area contributed by atoms with Crippen LogP contribution < -0.4 is 0 Å². The molecule has 0 amide bonds. The Morgan fingerprint density at radius 3 is 2.16 bits per heavy atom. The third kappa shape index (κ3) is 7.12. The molecule has 1 saturated heterocycles. The Morgan fingerprint density at radius 2 is 1.58 bits per heavy atom. The second-order valence-electron chi connectivity index (χ2n) is 9.75. The van der Waals surface area contributed by atoms with Gasteiger partial charge in [0.2, 0.25) is 0 Å². The molecule has 1 aliphatic heterocycles. The number of unbranched alkanes of at least 4 members (excludes halogenated alkanes) is 2. The fourth-order valence-electron chi connectivity index (χ4n) is 5.71. The molecule has 1 saturated carbocycles. The van der Waals surface area contributed by atoms with E-state index in [-0.39, 0.29) is 8.80 Å². The minimum Gasteiger partial charge on any atom is -0.206 e. The Balaban J connectivity index is 1.40. The number of hydrogen-bond acceptors (Lipinski definition) is 0. The average Bonchev–Trinajstić information content (AvgIpc) is 2.78. The van der Waals surface area contributed by atoms with Gasteiger partial charge in [-0.05, 0) is 47.9 Å². The molecule has 0 N–H and O–H groups in total. The highest BCUT2D eigenvalue weighted by molar-refractivity contribution is 6.60. The lowest BCUT2D eigenvalue weighted by molar-refractivity contribution is 0.323. The molecule has 1 heterocycles. The van der Waals surface area contributed by atoms with Crippen LogP contribution in [0.5, 0.6) is 0 Å². The molecule has 0 atom stereocenters. The van der Waals surface area contributed by atoms with Crippen LogP contribution in [0.15, 0.2) is 17.7 Å². The van der Waals surface area contributed by atoms with Crippen LogP contribution >= 0.6 is 11.6 Å². The van der Waals surface area contributed by atoms with Gasteiger partial charge in [0.25, 0.3) is 0 Å². The Kier molecular flexibility index (Phi) is 10.0. The van der Waals surface area contributed by atoms with Crippen molar-refractivity contribution in [2.45, 2.75) is 102 Å². The summed E-state index contributed by atoms with van der Waals surface area (Å²) >= 11 is 5.27. The van der Waals surface area contributed by atoms with Gasteiger partial charge in [-0.15, -0.1) is 0 Å².